The minimum atomic E-state index is -1.72. The van der Waals surface area contributed by atoms with E-state index in [2.05, 4.69) is 21.2 Å². The number of nitrogens with one attached hydrogen (secondary N) is 1. The van der Waals surface area contributed by atoms with E-state index in [9.17, 15) is 14.7 Å². The molecule has 0 fully saturated rings. The van der Waals surface area contributed by atoms with Gasteiger partial charge < -0.3 is 15.2 Å². The molecule has 2 aromatic carbocycles. The lowest BCUT2D eigenvalue weighted by Gasteiger charge is -2.27. The van der Waals surface area contributed by atoms with Gasteiger partial charge in [0.2, 0.25) is 0 Å². The molecule has 7 heteroatoms. The van der Waals surface area contributed by atoms with Crippen LogP contribution in [-0.4, -0.2) is 17.2 Å². The smallest absolute Gasteiger partial charge is 0.408 e. The molecule has 0 heterocycles. The van der Waals surface area contributed by atoms with Crippen molar-refractivity contribution in [1.29, 1.82) is 0 Å². The summed E-state index contributed by atoms with van der Waals surface area (Å²) in [4.78, 5) is 23.8. The third kappa shape index (κ3) is 4.27. The van der Waals surface area contributed by atoms with E-state index < -0.39 is 17.6 Å². The van der Waals surface area contributed by atoms with Crippen LogP contribution in [0, 0.1) is 0 Å². The quantitative estimate of drug-likeness (QED) is 0.766. The van der Waals surface area contributed by atoms with E-state index in [4.69, 9.17) is 16.3 Å². The van der Waals surface area contributed by atoms with Gasteiger partial charge in [0.1, 0.15) is 6.61 Å². The first kappa shape index (κ1) is 18.3. The van der Waals surface area contributed by atoms with Gasteiger partial charge in [-0.2, -0.15) is 0 Å². The second-order valence-corrected chi connectivity index (χ2v) is 6.56. The highest BCUT2D eigenvalue weighted by atomic mass is 79.9. The number of hydrogen-bond acceptors (Lipinski definition) is 3. The first-order chi connectivity index (χ1) is 11.3. The Hall–Kier alpha value is -2.05. The number of alkyl carbamates (subject to hydrolysis) is 1. The zero-order chi connectivity index (χ0) is 17.7. The highest BCUT2D eigenvalue weighted by Crippen LogP contribution is 2.31. The number of ether oxygens (including phenoxy) is 1. The van der Waals surface area contributed by atoms with E-state index in [1.165, 1.54) is 13.0 Å². The molecule has 126 valence electrons. The Kier molecular flexibility index (Phi) is 5.85. The van der Waals surface area contributed by atoms with Crippen LogP contribution in [0.1, 0.15) is 18.1 Å². The molecular formula is C17H15BrClNO4. The molecule has 0 saturated heterocycles. The maximum Gasteiger partial charge on any atom is 0.408 e. The maximum absolute atomic E-state index is 12.0. The van der Waals surface area contributed by atoms with E-state index in [1.807, 2.05) is 18.2 Å². The minimum Gasteiger partial charge on any atom is -0.479 e. The van der Waals surface area contributed by atoms with Crippen LogP contribution in [0.2, 0.25) is 5.02 Å². The second kappa shape index (κ2) is 7.68. The first-order valence-electron chi connectivity index (χ1n) is 7.00. The Labute approximate surface area is 152 Å². The van der Waals surface area contributed by atoms with Crippen LogP contribution >= 0.6 is 27.5 Å². The number of carboxylic acids is 1. The van der Waals surface area contributed by atoms with Crippen LogP contribution in [0.3, 0.4) is 0 Å². The van der Waals surface area contributed by atoms with Crippen LogP contribution in [0.5, 0.6) is 0 Å². The van der Waals surface area contributed by atoms with Gasteiger partial charge >= 0.3 is 12.1 Å². The molecule has 2 rings (SSSR count). The molecule has 0 saturated carbocycles. The average Bonchev–Trinajstić information content (AvgIpc) is 2.53. The van der Waals surface area contributed by atoms with Crippen molar-refractivity contribution in [3.63, 3.8) is 0 Å². The predicted octanol–water partition coefficient (Wildman–Crippen LogP) is 4.33. The molecule has 5 nitrogen and oxygen atoms in total. The van der Waals surface area contributed by atoms with Crippen molar-refractivity contribution in [2.24, 2.45) is 0 Å². The summed E-state index contributed by atoms with van der Waals surface area (Å²) in [7, 11) is 0. The van der Waals surface area contributed by atoms with E-state index in [-0.39, 0.29) is 17.2 Å². The van der Waals surface area contributed by atoms with Gasteiger partial charge in [0.05, 0.1) is 0 Å². The van der Waals surface area contributed by atoms with E-state index >= 15 is 0 Å². The van der Waals surface area contributed by atoms with Crippen molar-refractivity contribution >= 4 is 39.6 Å². The van der Waals surface area contributed by atoms with Crippen LogP contribution < -0.4 is 5.32 Å². The molecule has 0 bridgehead atoms. The number of benzene rings is 2. The Balaban J connectivity index is 2.15. The van der Waals surface area contributed by atoms with Gasteiger partial charge in [0.15, 0.2) is 5.54 Å². The number of carboxylic acid groups (broad SMARTS) is 1. The van der Waals surface area contributed by atoms with Crippen molar-refractivity contribution in [3.05, 3.63) is 69.2 Å². The van der Waals surface area contributed by atoms with Gasteiger partial charge in [-0.3, -0.25) is 0 Å². The number of carbonyl (C=O) groups excluding carboxylic acids is 1. The summed E-state index contributed by atoms with van der Waals surface area (Å²) in [6, 6.07) is 13.8. The molecule has 0 aromatic heterocycles. The summed E-state index contributed by atoms with van der Waals surface area (Å²) < 4.78 is 5.80. The fourth-order valence-corrected chi connectivity index (χ4v) is 2.96. The third-order valence-corrected chi connectivity index (χ3v) is 4.27. The largest absolute Gasteiger partial charge is 0.479 e. The van der Waals surface area contributed by atoms with Crippen LogP contribution in [-0.2, 0) is 21.7 Å². The topological polar surface area (TPSA) is 75.6 Å². The number of hydrogen-bond donors (Lipinski definition) is 2. The van der Waals surface area contributed by atoms with Gasteiger partial charge in [-0.15, -0.1) is 0 Å². The lowest BCUT2D eigenvalue weighted by atomic mass is 9.92. The monoisotopic (exact) mass is 411 g/mol. The third-order valence-electron chi connectivity index (χ3n) is 3.46. The Morgan fingerprint density at radius 1 is 1.25 bits per heavy atom. The summed E-state index contributed by atoms with van der Waals surface area (Å²) in [5, 5.41) is 12.2. The molecule has 0 radical (unpaired) electrons. The van der Waals surface area contributed by atoms with Gasteiger partial charge in [0.25, 0.3) is 0 Å². The van der Waals surface area contributed by atoms with Crippen LogP contribution in [0.15, 0.2) is 53.0 Å². The molecule has 2 N–H and O–H groups in total. The minimum absolute atomic E-state index is 0.0381. The fourth-order valence-electron chi connectivity index (χ4n) is 2.09. The Morgan fingerprint density at radius 2 is 1.92 bits per heavy atom. The molecular weight excluding hydrogens is 398 g/mol. The van der Waals surface area contributed by atoms with Gasteiger partial charge in [-0.05, 0) is 24.6 Å². The van der Waals surface area contributed by atoms with E-state index in [0.717, 1.165) is 5.56 Å². The lowest BCUT2D eigenvalue weighted by molar-refractivity contribution is -0.144. The Bertz CT molecular complexity index is 754. The summed E-state index contributed by atoms with van der Waals surface area (Å²) in [6.45, 7) is 1.39. The molecule has 0 aliphatic carbocycles. The second-order valence-electron chi connectivity index (χ2n) is 5.24. The standard InChI is InChI=1S/C17H15BrClNO4/c1-17(15(21)22,13-8-7-12(18)9-14(13)19)20-16(23)24-10-11-5-3-2-4-6-11/h2-9H,10H2,1H3,(H,20,23)(H,21,22). The van der Waals surface area contributed by atoms with Crippen molar-refractivity contribution < 1.29 is 19.4 Å². The summed E-state index contributed by atoms with van der Waals surface area (Å²) >= 11 is 9.39. The molecule has 2 aromatic rings. The fraction of sp³-hybridized carbons (Fsp3) is 0.176. The molecule has 0 spiro atoms. The number of rotatable bonds is 5. The van der Waals surface area contributed by atoms with Crippen LogP contribution in [0.25, 0.3) is 0 Å². The molecule has 1 unspecified atom stereocenters. The summed E-state index contributed by atoms with van der Waals surface area (Å²) in [6.07, 6.45) is -0.845. The average molecular weight is 413 g/mol. The lowest BCUT2D eigenvalue weighted by Crippen LogP contribution is -2.49. The van der Waals surface area contributed by atoms with Crippen molar-refractivity contribution in [2.45, 2.75) is 19.1 Å². The zero-order valence-corrected chi connectivity index (χ0v) is 15.1. The zero-order valence-electron chi connectivity index (χ0n) is 12.8. The summed E-state index contributed by atoms with van der Waals surface area (Å²) in [5.74, 6) is -1.25. The molecule has 1 amide bonds. The predicted molar refractivity (Wildman–Crippen MR) is 93.9 cm³/mol. The molecule has 24 heavy (non-hydrogen) atoms. The number of halogens is 2. The maximum atomic E-state index is 12.0. The number of aliphatic carboxylic acids is 1. The van der Waals surface area contributed by atoms with E-state index in [1.54, 1.807) is 24.3 Å². The first-order valence-corrected chi connectivity index (χ1v) is 8.18. The van der Waals surface area contributed by atoms with Crippen molar-refractivity contribution in [2.75, 3.05) is 0 Å². The Morgan fingerprint density at radius 3 is 2.50 bits per heavy atom. The molecule has 1 atom stereocenters. The number of carbonyl (C=O) groups is 2. The number of amides is 1. The normalized spacial score (nSPS) is 13.0. The van der Waals surface area contributed by atoms with Crippen LogP contribution in [0.4, 0.5) is 4.79 Å². The highest BCUT2D eigenvalue weighted by Gasteiger charge is 2.39. The highest BCUT2D eigenvalue weighted by molar-refractivity contribution is 9.10. The van der Waals surface area contributed by atoms with Crippen molar-refractivity contribution in [1.82, 2.24) is 5.32 Å². The molecule has 0 aliphatic heterocycles. The van der Waals surface area contributed by atoms with Gasteiger partial charge in [-0.1, -0.05) is 63.9 Å². The van der Waals surface area contributed by atoms with Gasteiger partial charge in [0, 0.05) is 15.1 Å². The van der Waals surface area contributed by atoms with E-state index in [0.29, 0.717) is 4.47 Å². The molecule has 0 aliphatic rings. The van der Waals surface area contributed by atoms with Crippen molar-refractivity contribution in [3.8, 4) is 0 Å². The van der Waals surface area contributed by atoms with Gasteiger partial charge in [-0.25, -0.2) is 9.59 Å². The summed E-state index contributed by atoms with van der Waals surface area (Å²) in [5.41, 5.74) is -0.658. The SMILES string of the molecule is CC(NC(=O)OCc1ccccc1)(C(=O)O)c1ccc(Br)cc1Cl.